The molecule has 0 spiro atoms. The van der Waals surface area contributed by atoms with Gasteiger partial charge in [-0.15, -0.1) is 0 Å². The van der Waals surface area contributed by atoms with Crippen LogP contribution in [-0.2, 0) is 10.0 Å². The molecular formula is C14H18N2O4S. The maximum atomic E-state index is 11.4. The highest BCUT2D eigenvalue weighted by atomic mass is 32.2. The van der Waals surface area contributed by atoms with Crippen LogP contribution >= 0.6 is 0 Å². The van der Waals surface area contributed by atoms with Crippen molar-refractivity contribution in [1.29, 1.82) is 0 Å². The molecule has 1 aromatic carbocycles. The van der Waals surface area contributed by atoms with Crippen LogP contribution in [0.5, 0.6) is 0 Å². The standard InChI is InChI=1S/C14H18N2O4S/c15-21(19,20)11-4-5-13(12(6-11)14(17)18)16-7-9-2-1-3-10(9)8-16/h4-6,9-10H,1-3,7-8H2,(H,17,18)(H2,15,19,20). The van der Waals surface area contributed by atoms with Crippen LogP contribution in [0.1, 0.15) is 29.6 Å². The van der Waals surface area contributed by atoms with Gasteiger partial charge in [-0.3, -0.25) is 0 Å². The van der Waals surface area contributed by atoms with Crippen LogP contribution in [-0.4, -0.2) is 32.6 Å². The topological polar surface area (TPSA) is 101 Å². The van der Waals surface area contributed by atoms with Gasteiger partial charge in [-0.25, -0.2) is 18.4 Å². The van der Waals surface area contributed by atoms with Crippen molar-refractivity contribution in [3.63, 3.8) is 0 Å². The average Bonchev–Trinajstić information content (AvgIpc) is 2.97. The summed E-state index contributed by atoms with van der Waals surface area (Å²) in [5.74, 6) is 0.127. The highest BCUT2D eigenvalue weighted by Gasteiger charge is 2.37. The number of fused-ring (bicyclic) bond motifs is 1. The van der Waals surface area contributed by atoms with Crippen LogP contribution in [0.15, 0.2) is 23.1 Å². The molecule has 0 bridgehead atoms. The van der Waals surface area contributed by atoms with Crippen molar-refractivity contribution in [2.45, 2.75) is 24.2 Å². The molecule has 2 atom stereocenters. The van der Waals surface area contributed by atoms with Gasteiger partial charge >= 0.3 is 5.97 Å². The van der Waals surface area contributed by atoms with Crippen LogP contribution < -0.4 is 10.0 Å². The molecule has 2 fully saturated rings. The number of nitrogens with zero attached hydrogens (tertiary/aromatic N) is 1. The van der Waals surface area contributed by atoms with Crippen molar-refractivity contribution in [2.24, 2.45) is 17.0 Å². The molecule has 1 aromatic rings. The predicted molar refractivity (Wildman–Crippen MR) is 77.8 cm³/mol. The third kappa shape index (κ3) is 2.63. The third-order valence-corrected chi connectivity index (χ3v) is 5.50. The molecule has 0 radical (unpaired) electrons. The molecule has 1 saturated heterocycles. The summed E-state index contributed by atoms with van der Waals surface area (Å²) in [6, 6.07) is 4.09. The predicted octanol–water partition coefficient (Wildman–Crippen LogP) is 1.27. The molecule has 1 heterocycles. The Morgan fingerprint density at radius 1 is 1.24 bits per heavy atom. The van der Waals surface area contributed by atoms with Gasteiger partial charge in [0.1, 0.15) is 0 Å². The van der Waals surface area contributed by atoms with Crippen molar-refractivity contribution >= 4 is 21.7 Å². The highest BCUT2D eigenvalue weighted by molar-refractivity contribution is 7.89. The molecule has 3 rings (SSSR count). The van der Waals surface area contributed by atoms with E-state index < -0.39 is 16.0 Å². The molecule has 1 aliphatic carbocycles. The van der Waals surface area contributed by atoms with Crippen LogP contribution in [0.4, 0.5) is 5.69 Å². The number of anilines is 1. The number of aromatic carboxylic acids is 1. The average molecular weight is 310 g/mol. The molecule has 2 unspecified atom stereocenters. The van der Waals surface area contributed by atoms with Gasteiger partial charge in [0.15, 0.2) is 0 Å². The fraction of sp³-hybridized carbons (Fsp3) is 0.500. The lowest BCUT2D eigenvalue weighted by Gasteiger charge is -2.22. The zero-order valence-corrected chi connectivity index (χ0v) is 12.3. The number of primary sulfonamides is 1. The third-order valence-electron chi connectivity index (χ3n) is 4.59. The second kappa shape index (κ2) is 4.99. The Morgan fingerprint density at radius 2 is 1.86 bits per heavy atom. The Labute approximate surface area is 123 Å². The number of carbonyl (C=O) groups is 1. The molecule has 3 N–H and O–H groups in total. The van der Waals surface area contributed by atoms with E-state index in [-0.39, 0.29) is 10.5 Å². The SMILES string of the molecule is NS(=O)(=O)c1ccc(N2CC3CCCC3C2)c(C(=O)O)c1. The maximum Gasteiger partial charge on any atom is 0.337 e. The Morgan fingerprint density at radius 3 is 2.38 bits per heavy atom. The molecular weight excluding hydrogens is 292 g/mol. The summed E-state index contributed by atoms with van der Waals surface area (Å²) in [5, 5.41) is 14.4. The summed E-state index contributed by atoms with van der Waals surface area (Å²) in [6.45, 7) is 1.69. The minimum Gasteiger partial charge on any atom is -0.478 e. The van der Waals surface area contributed by atoms with E-state index in [1.165, 1.54) is 25.3 Å². The Kier molecular flexibility index (Phi) is 3.41. The zero-order valence-electron chi connectivity index (χ0n) is 11.5. The summed E-state index contributed by atoms with van der Waals surface area (Å²) >= 11 is 0. The second-order valence-electron chi connectivity index (χ2n) is 5.89. The quantitative estimate of drug-likeness (QED) is 0.875. The minimum absolute atomic E-state index is 0.00139. The van der Waals surface area contributed by atoms with Crippen LogP contribution in [0.3, 0.4) is 0 Å². The molecule has 2 aliphatic rings. The van der Waals surface area contributed by atoms with E-state index in [2.05, 4.69) is 4.90 Å². The fourth-order valence-electron chi connectivity index (χ4n) is 3.57. The molecule has 1 saturated carbocycles. The van der Waals surface area contributed by atoms with Crippen molar-refractivity contribution < 1.29 is 18.3 Å². The van der Waals surface area contributed by atoms with Crippen molar-refractivity contribution in [3.8, 4) is 0 Å². The molecule has 0 aromatic heterocycles. The van der Waals surface area contributed by atoms with Crippen LogP contribution in [0, 0.1) is 11.8 Å². The van der Waals surface area contributed by atoms with E-state index in [9.17, 15) is 18.3 Å². The smallest absolute Gasteiger partial charge is 0.337 e. The van der Waals surface area contributed by atoms with Crippen LogP contribution in [0.2, 0.25) is 0 Å². The number of sulfonamides is 1. The molecule has 1 aliphatic heterocycles. The lowest BCUT2D eigenvalue weighted by Crippen LogP contribution is -2.24. The lowest BCUT2D eigenvalue weighted by molar-refractivity contribution is 0.0697. The van der Waals surface area contributed by atoms with E-state index in [0.717, 1.165) is 19.2 Å². The number of hydrogen-bond acceptors (Lipinski definition) is 4. The van der Waals surface area contributed by atoms with E-state index in [4.69, 9.17) is 5.14 Å². The molecule has 21 heavy (non-hydrogen) atoms. The van der Waals surface area contributed by atoms with Gasteiger partial charge in [-0.1, -0.05) is 6.42 Å². The van der Waals surface area contributed by atoms with Gasteiger partial charge in [0, 0.05) is 13.1 Å². The van der Waals surface area contributed by atoms with Crippen molar-refractivity contribution in [3.05, 3.63) is 23.8 Å². The first-order chi connectivity index (χ1) is 9.86. The largest absolute Gasteiger partial charge is 0.478 e. The number of nitrogens with two attached hydrogens (primary N) is 1. The second-order valence-corrected chi connectivity index (χ2v) is 7.45. The van der Waals surface area contributed by atoms with Gasteiger partial charge in [0.2, 0.25) is 10.0 Å². The summed E-state index contributed by atoms with van der Waals surface area (Å²) in [4.78, 5) is 13.3. The zero-order chi connectivity index (χ0) is 15.2. The highest BCUT2D eigenvalue weighted by Crippen LogP contribution is 2.40. The Balaban J connectivity index is 1.97. The molecule has 0 amide bonds. The summed E-state index contributed by atoms with van der Waals surface area (Å²) in [6.07, 6.45) is 3.64. The van der Waals surface area contributed by atoms with Crippen LogP contribution in [0.25, 0.3) is 0 Å². The summed E-state index contributed by atoms with van der Waals surface area (Å²) < 4.78 is 22.7. The van der Waals surface area contributed by atoms with Gasteiger partial charge in [-0.2, -0.15) is 0 Å². The fourth-order valence-corrected chi connectivity index (χ4v) is 4.11. The monoisotopic (exact) mass is 310 g/mol. The normalized spacial score (nSPS) is 25.1. The first-order valence-electron chi connectivity index (χ1n) is 7.01. The summed E-state index contributed by atoms with van der Waals surface area (Å²) in [7, 11) is -3.90. The Bertz CT molecular complexity index is 674. The van der Waals surface area contributed by atoms with Gasteiger partial charge < -0.3 is 10.0 Å². The van der Waals surface area contributed by atoms with E-state index >= 15 is 0 Å². The van der Waals surface area contributed by atoms with Gasteiger partial charge in [-0.05, 0) is 42.9 Å². The maximum absolute atomic E-state index is 11.4. The van der Waals surface area contributed by atoms with E-state index in [1.807, 2.05) is 0 Å². The van der Waals surface area contributed by atoms with Gasteiger partial charge in [0.05, 0.1) is 16.1 Å². The minimum atomic E-state index is -3.90. The number of rotatable bonds is 3. The first-order valence-corrected chi connectivity index (χ1v) is 8.56. The first kappa shape index (κ1) is 14.3. The number of benzene rings is 1. The molecule has 7 heteroatoms. The Hall–Kier alpha value is -1.60. The van der Waals surface area contributed by atoms with Gasteiger partial charge in [0.25, 0.3) is 0 Å². The van der Waals surface area contributed by atoms with Crippen molar-refractivity contribution in [1.82, 2.24) is 0 Å². The number of carboxylic acids is 1. The van der Waals surface area contributed by atoms with Crippen molar-refractivity contribution in [2.75, 3.05) is 18.0 Å². The number of carboxylic acid groups (broad SMARTS) is 1. The molecule has 6 nitrogen and oxygen atoms in total. The lowest BCUT2D eigenvalue weighted by atomic mass is 10.0. The number of hydrogen-bond donors (Lipinski definition) is 2. The summed E-state index contributed by atoms with van der Waals surface area (Å²) in [5.41, 5.74) is 0.589. The van der Waals surface area contributed by atoms with E-state index in [1.54, 1.807) is 6.07 Å². The molecule has 114 valence electrons. The van der Waals surface area contributed by atoms with E-state index in [0.29, 0.717) is 17.5 Å².